The Balaban J connectivity index is 2.80. The number of rotatable bonds is 13. The second kappa shape index (κ2) is 12.6. The summed E-state index contributed by atoms with van der Waals surface area (Å²) in [5.74, 6) is -1.92. The van der Waals surface area contributed by atoms with E-state index in [0.717, 1.165) is 38.5 Å². The van der Waals surface area contributed by atoms with Gasteiger partial charge in [-0.2, -0.15) is 0 Å². The number of carboxylic acid groups (broad SMARTS) is 1. The third-order valence-electron chi connectivity index (χ3n) is 3.54. The van der Waals surface area contributed by atoms with Crippen molar-refractivity contribution in [1.82, 2.24) is 0 Å². The van der Waals surface area contributed by atoms with Gasteiger partial charge in [0.2, 0.25) is 0 Å². The van der Waals surface area contributed by atoms with Crippen LogP contribution < -0.4 is 14.8 Å². The average Bonchev–Trinajstić information content (AvgIpc) is 2.63. The molecule has 0 aliphatic carbocycles. The fourth-order valence-electron chi connectivity index (χ4n) is 2.19. The first-order valence-electron chi connectivity index (χ1n) is 8.74. The molecule has 1 amide bonds. The number of nitrogens with one attached hydrogen (secondary N) is 1. The van der Waals surface area contributed by atoms with E-state index in [-0.39, 0.29) is 5.69 Å². The van der Waals surface area contributed by atoms with Crippen LogP contribution >= 0.6 is 0 Å². The van der Waals surface area contributed by atoms with Crippen LogP contribution in [0.1, 0.15) is 38.5 Å². The highest BCUT2D eigenvalue weighted by molar-refractivity contribution is 6.36. The van der Waals surface area contributed by atoms with E-state index >= 15 is 0 Å². The lowest BCUT2D eigenvalue weighted by Crippen LogP contribution is -2.22. The van der Waals surface area contributed by atoms with Gasteiger partial charge in [0.25, 0.3) is 0 Å². The summed E-state index contributed by atoms with van der Waals surface area (Å²) in [6, 6.07) is 5.10. The molecule has 0 aromatic heterocycles. The van der Waals surface area contributed by atoms with Gasteiger partial charge < -0.3 is 19.9 Å². The highest BCUT2D eigenvalue weighted by Gasteiger charge is 2.18. The summed E-state index contributed by atoms with van der Waals surface area (Å²) >= 11 is 0. The Morgan fingerprint density at radius 1 is 0.962 bits per heavy atom. The molecule has 0 atom stereocenters. The lowest BCUT2D eigenvalue weighted by atomic mass is 10.2. The molecule has 0 aliphatic rings. The van der Waals surface area contributed by atoms with E-state index < -0.39 is 11.9 Å². The minimum Gasteiger partial charge on any atom is -0.491 e. The van der Waals surface area contributed by atoms with Gasteiger partial charge in [-0.1, -0.05) is 18.2 Å². The third-order valence-corrected chi connectivity index (χ3v) is 3.54. The molecule has 6 heteroatoms. The number of aliphatic carboxylic acids is 1. The number of allylic oxidation sites excluding steroid dienone is 2. The minimum absolute atomic E-state index is 0.243. The minimum atomic E-state index is -1.57. The summed E-state index contributed by atoms with van der Waals surface area (Å²) in [6.45, 7) is 8.25. The first-order valence-corrected chi connectivity index (χ1v) is 8.74. The summed E-state index contributed by atoms with van der Waals surface area (Å²) in [5, 5.41) is 11.2. The number of unbranched alkanes of at least 4 members (excludes halogenated alkanes) is 4. The number of para-hydroxylation sites is 1. The Hall–Kier alpha value is -2.76. The zero-order chi connectivity index (χ0) is 19.2. The SMILES string of the molecule is C=CCCCCOc1cccc(OCCCCC=C)c1NC(=O)C(=O)O. The van der Waals surface area contributed by atoms with Crippen molar-refractivity contribution in [3.63, 3.8) is 0 Å². The quantitative estimate of drug-likeness (QED) is 0.313. The van der Waals surface area contributed by atoms with Crippen molar-refractivity contribution in [2.45, 2.75) is 38.5 Å². The molecule has 0 aliphatic heterocycles. The number of hydrogen-bond donors (Lipinski definition) is 2. The van der Waals surface area contributed by atoms with Crippen molar-refractivity contribution in [2.75, 3.05) is 18.5 Å². The molecular weight excluding hydrogens is 334 g/mol. The van der Waals surface area contributed by atoms with Crippen LogP contribution in [0.5, 0.6) is 11.5 Å². The summed E-state index contributed by atoms with van der Waals surface area (Å²) in [4.78, 5) is 22.5. The monoisotopic (exact) mass is 361 g/mol. The maximum Gasteiger partial charge on any atom is 0.394 e. The molecule has 1 aromatic carbocycles. The number of carboxylic acids is 1. The van der Waals surface area contributed by atoms with Gasteiger partial charge in [-0.05, 0) is 50.7 Å². The number of ether oxygens (including phenoxy) is 2. The van der Waals surface area contributed by atoms with Crippen molar-refractivity contribution < 1.29 is 24.2 Å². The van der Waals surface area contributed by atoms with Crippen molar-refractivity contribution in [2.24, 2.45) is 0 Å². The fourth-order valence-corrected chi connectivity index (χ4v) is 2.19. The van der Waals surface area contributed by atoms with E-state index in [4.69, 9.17) is 14.6 Å². The molecule has 6 nitrogen and oxygen atoms in total. The van der Waals surface area contributed by atoms with Crippen LogP contribution in [0.4, 0.5) is 5.69 Å². The number of carbonyl (C=O) groups excluding carboxylic acids is 1. The van der Waals surface area contributed by atoms with Crippen molar-refractivity contribution in [3.8, 4) is 11.5 Å². The molecule has 1 aromatic rings. The van der Waals surface area contributed by atoms with Crippen molar-refractivity contribution in [3.05, 3.63) is 43.5 Å². The molecular formula is C20H27NO5. The number of carbonyl (C=O) groups is 2. The predicted octanol–water partition coefficient (Wildman–Crippen LogP) is 4.18. The van der Waals surface area contributed by atoms with E-state index in [9.17, 15) is 9.59 Å². The maximum absolute atomic E-state index is 11.6. The average molecular weight is 361 g/mol. The van der Waals surface area contributed by atoms with Gasteiger partial charge in [-0.3, -0.25) is 4.79 Å². The summed E-state index contributed by atoms with van der Waals surface area (Å²) in [5.41, 5.74) is 0.243. The lowest BCUT2D eigenvalue weighted by Gasteiger charge is -2.16. The molecule has 142 valence electrons. The topological polar surface area (TPSA) is 84.9 Å². The number of anilines is 1. The summed E-state index contributed by atoms with van der Waals surface area (Å²) in [6.07, 6.45) is 9.04. The highest BCUT2D eigenvalue weighted by atomic mass is 16.5. The van der Waals surface area contributed by atoms with E-state index in [2.05, 4.69) is 18.5 Å². The Kier molecular flexibility index (Phi) is 10.3. The molecule has 0 unspecified atom stereocenters. The zero-order valence-corrected chi connectivity index (χ0v) is 15.0. The molecule has 0 saturated carbocycles. The molecule has 1 rings (SSSR count). The summed E-state index contributed by atoms with van der Waals surface area (Å²) in [7, 11) is 0. The van der Waals surface area contributed by atoms with Crippen LogP contribution in [0.2, 0.25) is 0 Å². The van der Waals surface area contributed by atoms with Crippen LogP contribution in [0.15, 0.2) is 43.5 Å². The first-order chi connectivity index (χ1) is 12.6. The van der Waals surface area contributed by atoms with Gasteiger partial charge in [0.05, 0.1) is 13.2 Å². The largest absolute Gasteiger partial charge is 0.491 e. The number of amides is 1. The van der Waals surface area contributed by atoms with Gasteiger partial charge in [0.15, 0.2) is 0 Å². The zero-order valence-electron chi connectivity index (χ0n) is 15.0. The van der Waals surface area contributed by atoms with Crippen LogP contribution in [0.25, 0.3) is 0 Å². The number of hydrogen-bond acceptors (Lipinski definition) is 4. The van der Waals surface area contributed by atoms with E-state index in [0.29, 0.717) is 24.7 Å². The maximum atomic E-state index is 11.6. The predicted molar refractivity (Wildman–Crippen MR) is 102 cm³/mol. The normalized spacial score (nSPS) is 10.0. The first kappa shape index (κ1) is 21.3. The van der Waals surface area contributed by atoms with Gasteiger partial charge in [0, 0.05) is 0 Å². The molecule has 0 heterocycles. The molecule has 0 bridgehead atoms. The van der Waals surface area contributed by atoms with Crippen LogP contribution in [-0.4, -0.2) is 30.2 Å². The molecule has 0 saturated heterocycles. The van der Waals surface area contributed by atoms with Gasteiger partial charge in [-0.15, -0.1) is 13.2 Å². The fraction of sp³-hybridized carbons (Fsp3) is 0.400. The van der Waals surface area contributed by atoms with E-state index in [1.807, 2.05) is 12.2 Å². The smallest absolute Gasteiger partial charge is 0.394 e. The van der Waals surface area contributed by atoms with Crippen LogP contribution in [0.3, 0.4) is 0 Å². The van der Waals surface area contributed by atoms with E-state index in [1.54, 1.807) is 18.2 Å². The van der Waals surface area contributed by atoms with Crippen LogP contribution in [0, 0.1) is 0 Å². The van der Waals surface area contributed by atoms with Crippen LogP contribution in [-0.2, 0) is 9.59 Å². The molecule has 0 radical (unpaired) electrons. The van der Waals surface area contributed by atoms with Crippen molar-refractivity contribution >= 4 is 17.6 Å². The Bertz CT molecular complexity index is 576. The van der Waals surface area contributed by atoms with Gasteiger partial charge in [0.1, 0.15) is 17.2 Å². The number of benzene rings is 1. The molecule has 26 heavy (non-hydrogen) atoms. The second-order valence-corrected chi connectivity index (χ2v) is 5.65. The highest BCUT2D eigenvalue weighted by Crippen LogP contribution is 2.35. The van der Waals surface area contributed by atoms with Gasteiger partial charge >= 0.3 is 11.9 Å². The van der Waals surface area contributed by atoms with Crippen molar-refractivity contribution in [1.29, 1.82) is 0 Å². The lowest BCUT2D eigenvalue weighted by molar-refractivity contribution is -0.147. The molecule has 0 fully saturated rings. The summed E-state index contributed by atoms with van der Waals surface area (Å²) < 4.78 is 11.4. The van der Waals surface area contributed by atoms with Gasteiger partial charge in [-0.25, -0.2) is 4.79 Å². The standard InChI is InChI=1S/C20H27NO5/c1-3-5-7-9-14-25-16-12-11-13-17(26-15-10-8-6-4-2)18(16)21-19(22)20(23)24/h3-4,11-13H,1-2,5-10,14-15H2,(H,21,22)(H,23,24). The third kappa shape index (κ3) is 7.88. The Morgan fingerprint density at radius 2 is 1.46 bits per heavy atom. The van der Waals surface area contributed by atoms with E-state index in [1.165, 1.54) is 0 Å². The second-order valence-electron chi connectivity index (χ2n) is 5.65. The molecule has 0 spiro atoms. The Labute approximate surface area is 154 Å². The molecule has 2 N–H and O–H groups in total. The Morgan fingerprint density at radius 3 is 1.88 bits per heavy atom.